The van der Waals surface area contributed by atoms with E-state index in [9.17, 15) is 0 Å². The average Bonchev–Trinajstić information content (AvgIpc) is 2.82. The monoisotopic (exact) mass is 223 g/mol. The summed E-state index contributed by atoms with van der Waals surface area (Å²) in [5, 5.41) is 1.91. The van der Waals surface area contributed by atoms with Gasteiger partial charge in [0.2, 0.25) is 0 Å². The largest absolute Gasteiger partial charge is 0.354 e. The summed E-state index contributed by atoms with van der Waals surface area (Å²) >= 11 is 0. The smallest absolute Gasteiger partial charge is 0.160 e. The molecule has 0 aliphatic carbocycles. The Morgan fingerprint density at radius 3 is 2.12 bits per heavy atom. The molecule has 3 rings (SSSR count). The lowest BCUT2D eigenvalue weighted by molar-refractivity contribution is 0.532. The standard InChI is InChI=1S/C14H13N3/c1-2-17-9-7-11(8-10-17)14-15-12-5-3-4-6-13(12)16-14/h3-10H,2H2,1H3. The van der Waals surface area contributed by atoms with Crippen molar-refractivity contribution in [3.63, 3.8) is 0 Å². The first-order valence-electron chi connectivity index (χ1n) is 5.76. The van der Waals surface area contributed by atoms with Crippen LogP contribution < -0.4 is 10.7 Å². The Hall–Kier alpha value is -2.16. The minimum Gasteiger partial charge on any atom is -0.354 e. The fourth-order valence-electron chi connectivity index (χ4n) is 1.85. The predicted molar refractivity (Wildman–Crippen MR) is 66.4 cm³/mol. The first-order valence-corrected chi connectivity index (χ1v) is 5.76. The molecule has 17 heavy (non-hydrogen) atoms. The van der Waals surface area contributed by atoms with Gasteiger partial charge >= 0.3 is 0 Å². The van der Waals surface area contributed by atoms with E-state index in [1.54, 1.807) is 0 Å². The van der Waals surface area contributed by atoms with Gasteiger partial charge in [-0.25, -0.2) is 9.98 Å². The number of benzene rings is 1. The molecule has 0 atom stereocenters. The topological polar surface area (TPSA) is 28.0 Å². The second-order valence-electron chi connectivity index (χ2n) is 3.95. The van der Waals surface area contributed by atoms with E-state index >= 15 is 0 Å². The van der Waals surface area contributed by atoms with Gasteiger partial charge in [0, 0.05) is 24.5 Å². The summed E-state index contributed by atoms with van der Waals surface area (Å²) in [4.78, 5) is 11.2. The molecule has 0 aromatic heterocycles. The maximum Gasteiger partial charge on any atom is 0.160 e. The normalized spacial score (nSPS) is 16.9. The second kappa shape index (κ2) is 4.01. The molecule has 0 radical (unpaired) electrons. The average molecular weight is 223 g/mol. The van der Waals surface area contributed by atoms with Crippen molar-refractivity contribution in [1.29, 1.82) is 0 Å². The zero-order valence-corrected chi connectivity index (χ0v) is 9.67. The highest BCUT2D eigenvalue weighted by Gasteiger charge is 2.07. The number of nitrogens with zero attached hydrogens (tertiary/aromatic N) is 3. The summed E-state index contributed by atoms with van der Waals surface area (Å²) in [6.07, 6.45) is 8.21. The van der Waals surface area contributed by atoms with Crippen molar-refractivity contribution < 1.29 is 0 Å². The van der Waals surface area contributed by atoms with E-state index in [2.05, 4.69) is 46.4 Å². The minimum atomic E-state index is 0.800. The Labute approximate surface area is 99.8 Å². The van der Waals surface area contributed by atoms with Crippen LogP contribution in [0.1, 0.15) is 6.92 Å². The van der Waals surface area contributed by atoms with Crippen LogP contribution in [-0.2, 0) is 0 Å². The summed E-state index contributed by atoms with van der Waals surface area (Å²) < 4.78 is 0. The van der Waals surface area contributed by atoms with E-state index < -0.39 is 0 Å². The van der Waals surface area contributed by atoms with E-state index in [1.165, 1.54) is 0 Å². The van der Waals surface area contributed by atoms with Gasteiger partial charge in [-0.3, -0.25) is 0 Å². The molecule has 0 saturated carbocycles. The summed E-state index contributed by atoms with van der Waals surface area (Å²) in [6, 6.07) is 7.94. The molecule has 1 aromatic rings. The molecule has 3 heteroatoms. The van der Waals surface area contributed by atoms with Crippen molar-refractivity contribution in [2.45, 2.75) is 6.92 Å². The maximum atomic E-state index is 4.52. The molecule has 84 valence electrons. The molecule has 0 saturated heterocycles. The van der Waals surface area contributed by atoms with Crippen LogP contribution in [0.3, 0.4) is 0 Å². The first-order chi connectivity index (χ1) is 8.36. The Morgan fingerprint density at radius 1 is 1.00 bits per heavy atom. The third-order valence-corrected chi connectivity index (χ3v) is 2.85. The molecular weight excluding hydrogens is 210 g/mol. The van der Waals surface area contributed by atoms with E-state index in [1.807, 2.05) is 24.3 Å². The van der Waals surface area contributed by atoms with Gasteiger partial charge in [0.25, 0.3) is 0 Å². The van der Waals surface area contributed by atoms with Crippen LogP contribution >= 0.6 is 0 Å². The molecule has 3 nitrogen and oxygen atoms in total. The Kier molecular flexibility index (Phi) is 2.37. The van der Waals surface area contributed by atoms with E-state index in [4.69, 9.17) is 0 Å². The van der Waals surface area contributed by atoms with E-state index in [0.717, 1.165) is 28.7 Å². The van der Waals surface area contributed by atoms with Crippen molar-refractivity contribution >= 4 is 0 Å². The zero-order chi connectivity index (χ0) is 11.7. The highest BCUT2D eigenvalue weighted by Crippen LogP contribution is 2.16. The number of allylic oxidation sites excluding steroid dienone is 3. The predicted octanol–water partition coefficient (Wildman–Crippen LogP) is 1.51. The van der Waals surface area contributed by atoms with Gasteiger partial charge in [-0.15, -0.1) is 0 Å². The van der Waals surface area contributed by atoms with Crippen molar-refractivity contribution in [2.24, 2.45) is 9.98 Å². The van der Waals surface area contributed by atoms with Crippen LogP contribution in [0, 0.1) is 0 Å². The minimum absolute atomic E-state index is 0.800. The molecule has 2 heterocycles. The third-order valence-electron chi connectivity index (χ3n) is 2.85. The maximum absolute atomic E-state index is 4.52. The highest BCUT2D eigenvalue weighted by atomic mass is 15.1. The first kappa shape index (κ1) is 10.0. The number of hydrogen-bond acceptors (Lipinski definition) is 3. The Balaban J connectivity index is 2.04. The van der Waals surface area contributed by atoms with Gasteiger partial charge in [-0.05, 0) is 31.2 Å². The van der Waals surface area contributed by atoms with Crippen LogP contribution in [-0.4, -0.2) is 11.4 Å². The number of rotatable bonds is 1. The molecule has 0 unspecified atom stereocenters. The van der Waals surface area contributed by atoms with Crippen LogP contribution in [0.25, 0.3) is 0 Å². The Bertz CT molecular complexity index is 597. The lowest BCUT2D eigenvalue weighted by atomic mass is 10.2. The molecule has 2 aliphatic rings. The lowest BCUT2D eigenvalue weighted by Crippen LogP contribution is -2.19. The Morgan fingerprint density at radius 2 is 1.59 bits per heavy atom. The highest BCUT2D eigenvalue weighted by molar-refractivity contribution is 5.38. The van der Waals surface area contributed by atoms with Crippen LogP contribution in [0.2, 0.25) is 0 Å². The van der Waals surface area contributed by atoms with Crippen molar-refractivity contribution in [3.8, 4) is 0 Å². The SMILES string of the molecule is CCN1C=CC(=C2N=c3ccccc3=N2)C=C1. The van der Waals surface area contributed by atoms with Crippen LogP contribution in [0.15, 0.2) is 70.2 Å². The van der Waals surface area contributed by atoms with Gasteiger partial charge in [-0.2, -0.15) is 0 Å². The number of hydrogen-bond donors (Lipinski definition) is 0. The molecule has 0 spiro atoms. The van der Waals surface area contributed by atoms with Crippen molar-refractivity contribution in [3.05, 3.63) is 70.9 Å². The summed E-state index contributed by atoms with van der Waals surface area (Å²) in [5.74, 6) is 0.800. The molecule has 0 bridgehead atoms. The number of fused-ring (bicyclic) bond motifs is 1. The molecule has 0 amide bonds. The van der Waals surface area contributed by atoms with Gasteiger partial charge in [0.05, 0.1) is 10.7 Å². The molecule has 0 fully saturated rings. The van der Waals surface area contributed by atoms with Crippen molar-refractivity contribution in [2.75, 3.05) is 6.54 Å². The van der Waals surface area contributed by atoms with E-state index in [-0.39, 0.29) is 0 Å². The lowest BCUT2D eigenvalue weighted by Gasteiger charge is -2.15. The third kappa shape index (κ3) is 1.80. The van der Waals surface area contributed by atoms with Gasteiger partial charge in [0.1, 0.15) is 0 Å². The van der Waals surface area contributed by atoms with Gasteiger partial charge < -0.3 is 4.90 Å². The second-order valence-corrected chi connectivity index (χ2v) is 3.95. The number of para-hydroxylation sites is 2. The zero-order valence-electron chi connectivity index (χ0n) is 9.67. The summed E-state index contributed by atoms with van der Waals surface area (Å²) in [7, 11) is 0. The molecule has 2 aliphatic heterocycles. The fraction of sp³-hybridized carbons (Fsp3) is 0.143. The van der Waals surface area contributed by atoms with Gasteiger partial charge in [-0.1, -0.05) is 12.1 Å². The van der Waals surface area contributed by atoms with Crippen molar-refractivity contribution in [1.82, 2.24) is 4.90 Å². The van der Waals surface area contributed by atoms with Crippen LogP contribution in [0.5, 0.6) is 0 Å². The molecular formula is C14H13N3. The summed E-state index contributed by atoms with van der Waals surface area (Å²) in [6.45, 7) is 3.09. The molecule has 1 aromatic carbocycles. The van der Waals surface area contributed by atoms with Gasteiger partial charge in [0.15, 0.2) is 5.82 Å². The summed E-state index contributed by atoms with van der Waals surface area (Å²) in [5.41, 5.74) is 1.06. The molecule has 0 N–H and O–H groups in total. The quantitative estimate of drug-likeness (QED) is 0.709. The fourth-order valence-corrected chi connectivity index (χ4v) is 1.85. The van der Waals surface area contributed by atoms with Crippen LogP contribution in [0.4, 0.5) is 0 Å². The van der Waals surface area contributed by atoms with E-state index in [0.29, 0.717) is 0 Å².